The Morgan fingerprint density at radius 3 is 2.16 bits per heavy atom. The zero-order chi connectivity index (χ0) is 18.1. The number of hydrogen-bond acceptors (Lipinski definition) is 2. The lowest BCUT2D eigenvalue weighted by molar-refractivity contribution is -0.134. The van der Waals surface area contributed by atoms with Crippen LogP contribution in [0.25, 0.3) is 0 Å². The van der Waals surface area contributed by atoms with Gasteiger partial charge in [-0.3, -0.25) is 0 Å². The summed E-state index contributed by atoms with van der Waals surface area (Å²) in [4.78, 5) is 5.14. The molecular weight excluding hydrogens is 304 g/mol. The van der Waals surface area contributed by atoms with Crippen LogP contribution >= 0.6 is 0 Å². The number of anilines is 1. The molecular formula is C23H34N2. The molecule has 1 unspecified atom stereocenters. The Kier molecular flexibility index (Phi) is 3.76. The first kappa shape index (κ1) is 17.0. The van der Waals surface area contributed by atoms with Crippen LogP contribution in [0.1, 0.15) is 57.2 Å². The predicted octanol–water partition coefficient (Wildman–Crippen LogP) is 5.62. The van der Waals surface area contributed by atoms with Crippen LogP contribution in [-0.2, 0) is 0 Å². The summed E-state index contributed by atoms with van der Waals surface area (Å²) in [5.41, 5.74) is 6.08. The Labute approximate surface area is 153 Å². The minimum atomic E-state index is 0.410. The van der Waals surface area contributed by atoms with Crippen LogP contribution < -0.4 is 4.90 Å². The third-order valence-corrected chi connectivity index (χ3v) is 7.82. The second-order valence-electron chi connectivity index (χ2n) is 9.55. The number of fused-ring (bicyclic) bond motifs is 2. The van der Waals surface area contributed by atoms with Gasteiger partial charge in [-0.15, -0.1) is 0 Å². The average molecular weight is 339 g/mol. The normalized spacial score (nSPS) is 35.9. The first-order valence-corrected chi connectivity index (χ1v) is 10.0. The van der Waals surface area contributed by atoms with Crippen LogP contribution in [0.15, 0.2) is 24.5 Å². The molecule has 2 heteroatoms. The highest BCUT2D eigenvalue weighted by atomic mass is 15.4. The van der Waals surface area contributed by atoms with E-state index >= 15 is 0 Å². The zero-order valence-electron chi connectivity index (χ0n) is 17.0. The molecule has 0 saturated heterocycles. The van der Waals surface area contributed by atoms with Gasteiger partial charge in [-0.2, -0.15) is 0 Å². The van der Waals surface area contributed by atoms with Gasteiger partial charge in [0.1, 0.15) is 6.17 Å². The van der Waals surface area contributed by atoms with Crippen molar-refractivity contribution < 1.29 is 0 Å². The van der Waals surface area contributed by atoms with Crippen molar-refractivity contribution in [2.24, 2.45) is 23.2 Å². The molecule has 5 rings (SSSR count). The Balaban J connectivity index is 1.58. The topological polar surface area (TPSA) is 6.48 Å². The van der Waals surface area contributed by atoms with E-state index in [9.17, 15) is 0 Å². The van der Waals surface area contributed by atoms with Gasteiger partial charge >= 0.3 is 0 Å². The van der Waals surface area contributed by atoms with Gasteiger partial charge in [0, 0.05) is 24.1 Å². The maximum atomic E-state index is 2.65. The fraction of sp³-hybridized carbons (Fsp3) is 0.652. The van der Waals surface area contributed by atoms with E-state index in [4.69, 9.17) is 0 Å². The van der Waals surface area contributed by atoms with E-state index in [0.717, 1.165) is 17.8 Å². The van der Waals surface area contributed by atoms with Crippen molar-refractivity contribution >= 4 is 5.69 Å². The maximum Gasteiger partial charge on any atom is 0.103 e. The zero-order valence-corrected chi connectivity index (χ0v) is 17.0. The number of rotatable bonds is 2. The van der Waals surface area contributed by atoms with E-state index in [2.05, 4.69) is 82.8 Å². The lowest BCUT2D eigenvalue weighted by Gasteiger charge is -2.63. The van der Waals surface area contributed by atoms with Gasteiger partial charge in [-0.1, -0.05) is 38.5 Å². The van der Waals surface area contributed by atoms with E-state index in [1.165, 1.54) is 35.2 Å². The van der Waals surface area contributed by atoms with E-state index in [1.54, 1.807) is 0 Å². The van der Waals surface area contributed by atoms with E-state index in [-0.39, 0.29) is 0 Å². The van der Waals surface area contributed by atoms with Gasteiger partial charge in [0.25, 0.3) is 0 Å². The standard InChI is InChI=1S/C23H34N2/c1-14-10-15(2)22(16(3)11-14)25-9-8-24(18(25)5)21-13-19-12-20(17(21)4)23(19,6)7/h8-11,17-21H,12-13H2,1-7H3/t17-,18?,19+,20-,21-/m0/s1. The van der Waals surface area contributed by atoms with Crippen molar-refractivity contribution in [3.05, 3.63) is 41.2 Å². The quantitative estimate of drug-likeness (QED) is 0.690. The van der Waals surface area contributed by atoms with Gasteiger partial charge < -0.3 is 9.80 Å². The van der Waals surface area contributed by atoms with Crippen LogP contribution in [0.3, 0.4) is 0 Å². The molecule has 3 fully saturated rings. The summed E-state index contributed by atoms with van der Waals surface area (Å²) in [5.74, 6) is 2.59. The molecule has 2 bridgehead atoms. The van der Waals surface area contributed by atoms with E-state index in [1.807, 2.05) is 0 Å². The lowest BCUT2D eigenvalue weighted by atomic mass is 9.44. The fourth-order valence-electron chi connectivity index (χ4n) is 6.29. The van der Waals surface area contributed by atoms with Crippen LogP contribution in [0, 0.1) is 43.9 Å². The van der Waals surface area contributed by atoms with E-state index in [0.29, 0.717) is 17.6 Å². The molecule has 1 aromatic rings. The highest BCUT2D eigenvalue weighted by Gasteiger charge is 2.57. The SMILES string of the molecule is Cc1cc(C)c(N2C=CN([C@H]3C[C@H]4C[C@@H]([C@@H]3C)C4(C)C)C2C)c(C)c1. The number of benzene rings is 1. The average Bonchev–Trinajstić information content (AvgIpc) is 2.87. The molecule has 136 valence electrons. The highest BCUT2D eigenvalue weighted by molar-refractivity contribution is 5.63. The second kappa shape index (κ2) is 5.53. The van der Waals surface area contributed by atoms with Gasteiger partial charge in [0.15, 0.2) is 0 Å². The van der Waals surface area contributed by atoms with Crippen LogP contribution in [0.2, 0.25) is 0 Å². The molecule has 4 aliphatic rings. The minimum Gasteiger partial charge on any atom is -0.353 e. The number of nitrogens with zero attached hydrogens (tertiary/aromatic N) is 2. The van der Waals surface area contributed by atoms with Crippen molar-refractivity contribution in [2.75, 3.05) is 4.90 Å². The summed E-state index contributed by atoms with van der Waals surface area (Å²) < 4.78 is 0. The Morgan fingerprint density at radius 1 is 0.960 bits per heavy atom. The highest BCUT2D eigenvalue weighted by Crippen LogP contribution is 2.62. The molecule has 0 N–H and O–H groups in total. The van der Waals surface area contributed by atoms with Crippen LogP contribution in [-0.4, -0.2) is 17.1 Å². The minimum absolute atomic E-state index is 0.410. The molecule has 0 radical (unpaired) electrons. The van der Waals surface area contributed by atoms with Crippen LogP contribution in [0.4, 0.5) is 5.69 Å². The second-order valence-corrected chi connectivity index (χ2v) is 9.55. The molecule has 25 heavy (non-hydrogen) atoms. The van der Waals surface area contributed by atoms with Crippen molar-refractivity contribution in [1.29, 1.82) is 0 Å². The first-order valence-electron chi connectivity index (χ1n) is 10.0. The van der Waals surface area contributed by atoms with Crippen molar-refractivity contribution in [3.8, 4) is 0 Å². The van der Waals surface area contributed by atoms with Crippen molar-refractivity contribution in [3.63, 3.8) is 0 Å². The molecule has 1 aliphatic heterocycles. The van der Waals surface area contributed by atoms with Gasteiger partial charge in [-0.25, -0.2) is 0 Å². The summed E-state index contributed by atoms with van der Waals surface area (Å²) in [6.45, 7) is 16.5. The fourth-order valence-corrected chi connectivity index (χ4v) is 6.29. The maximum absolute atomic E-state index is 2.65. The number of aryl methyl sites for hydroxylation is 3. The summed E-state index contributed by atoms with van der Waals surface area (Å²) in [6, 6.07) is 5.32. The third-order valence-electron chi connectivity index (χ3n) is 7.82. The molecule has 2 nitrogen and oxygen atoms in total. The predicted molar refractivity (Wildman–Crippen MR) is 107 cm³/mol. The molecule has 0 spiro atoms. The molecule has 5 atom stereocenters. The van der Waals surface area contributed by atoms with Crippen molar-refractivity contribution in [1.82, 2.24) is 4.90 Å². The lowest BCUT2D eigenvalue weighted by Crippen LogP contribution is -2.61. The van der Waals surface area contributed by atoms with Gasteiger partial charge in [0.05, 0.1) is 0 Å². The van der Waals surface area contributed by atoms with Crippen LogP contribution in [0.5, 0.6) is 0 Å². The van der Waals surface area contributed by atoms with E-state index < -0.39 is 0 Å². The van der Waals surface area contributed by atoms with Crippen molar-refractivity contribution in [2.45, 2.75) is 73.5 Å². The largest absolute Gasteiger partial charge is 0.353 e. The molecule has 1 aromatic carbocycles. The Hall–Kier alpha value is -1.44. The van der Waals surface area contributed by atoms with Gasteiger partial charge in [-0.05, 0) is 74.8 Å². The summed E-state index contributed by atoms with van der Waals surface area (Å²) in [5, 5.41) is 0. The molecule has 0 amide bonds. The summed E-state index contributed by atoms with van der Waals surface area (Å²) >= 11 is 0. The monoisotopic (exact) mass is 338 g/mol. The first-order chi connectivity index (χ1) is 11.7. The van der Waals surface area contributed by atoms with Gasteiger partial charge in [0.2, 0.25) is 0 Å². The summed E-state index contributed by atoms with van der Waals surface area (Å²) in [7, 11) is 0. The molecule has 3 aliphatic carbocycles. The third kappa shape index (κ3) is 2.36. The molecule has 3 saturated carbocycles. The smallest absolute Gasteiger partial charge is 0.103 e. The Bertz CT molecular complexity index is 694. The number of hydrogen-bond donors (Lipinski definition) is 0. The Morgan fingerprint density at radius 2 is 1.60 bits per heavy atom. The summed E-state index contributed by atoms with van der Waals surface area (Å²) in [6.07, 6.45) is 7.90. The molecule has 0 aromatic heterocycles. The molecule has 1 heterocycles.